The van der Waals surface area contributed by atoms with Gasteiger partial charge in [-0.1, -0.05) is 57.9 Å². The van der Waals surface area contributed by atoms with Crippen LogP contribution in [0.3, 0.4) is 0 Å². The monoisotopic (exact) mass is 597 g/mol. The van der Waals surface area contributed by atoms with Crippen LogP contribution in [0.15, 0.2) is 48.7 Å². The van der Waals surface area contributed by atoms with Gasteiger partial charge in [0.05, 0.1) is 24.5 Å². The highest BCUT2D eigenvalue weighted by atomic mass is 16.5. The molecule has 2 N–H and O–H groups in total. The third kappa shape index (κ3) is 6.22. The van der Waals surface area contributed by atoms with Crippen molar-refractivity contribution in [1.82, 2.24) is 29.9 Å². The van der Waals surface area contributed by atoms with Crippen LogP contribution in [0.25, 0.3) is 5.65 Å². The first-order chi connectivity index (χ1) is 21.2. The number of ether oxygens (including phenoxy) is 2. The molecule has 0 bridgehead atoms. The van der Waals surface area contributed by atoms with Crippen molar-refractivity contribution < 1.29 is 19.1 Å². The SMILES string of the molecule is CCOC(=O)c1nc(NC(=O)N[C@H]2CC[C@@H](Oc3ccc4nnc(C5CCCC5)n4c3)c3ccccc32)cc(C(C)(C)C)n1. The van der Waals surface area contributed by atoms with Gasteiger partial charge < -0.3 is 14.8 Å². The molecule has 0 saturated heterocycles. The number of pyridine rings is 1. The summed E-state index contributed by atoms with van der Waals surface area (Å²) in [5, 5.41) is 14.8. The van der Waals surface area contributed by atoms with Crippen LogP contribution in [0.4, 0.5) is 10.6 Å². The van der Waals surface area contributed by atoms with E-state index in [9.17, 15) is 9.59 Å². The third-order valence-corrected chi connectivity index (χ3v) is 8.34. The summed E-state index contributed by atoms with van der Waals surface area (Å²) in [5.41, 5.74) is 3.11. The fourth-order valence-corrected chi connectivity index (χ4v) is 6.10. The van der Waals surface area contributed by atoms with Gasteiger partial charge in [0.2, 0.25) is 5.82 Å². The Balaban J connectivity index is 1.18. The van der Waals surface area contributed by atoms with E-state index < -0.39 is 12.0 Å². The van der Waals surface area contributed by atoms with Crippen molar-refractivity contribution in [3.05, 3.63) is 77.1 Å². The Morgan fingerprint density at radius 1 is 0.977 bits per heavy atom. The lowest BCUT2D eigenvalue weighted by atomic mass is 9.85. The van der Waals surface area contributed by atoms with Crippen LogP contribution in [-0.4, -0.2) is 43.2 Å². The van der Waals surface area contributed by atoms with Gasteiger partial charge in [0, 0.05) is 17.4 Å². The van der Waals surface area contributed by atoms with Crippen LogP contribution in [0.2, 0.25) is 0 Å². The smallest absolute Gasteiger partial charge is 0.376 e. The van der Waals surface area contributed by atoms with Crippen molar-refractivity contribution >= 4 is 23.5 Å². The first-order valence-corrected chi connectivity index (χ1v) is 15.4. The van der Waals surface area contributed by atoms with Crippen LogP contribution in [0.5, 0.6) is 5.75 Å². The van der Waals surface area contributed by atoms with Crippen molar-refractivity contribution in [2.24, 2.45) is 0 Å². The molecule has 44 heavy (non-hydrogen) atoms. The van der Waals surface area contributed by atoms with Gasteiger partial charge in [-0.05, 0) is 55.9 Å². The number of benzene rings is 1. The molecule has 0 unspecified atom stereocenters. The first kappa shape index (κ1) is 29.5. The number of fused-ring (bicyclic) bond motifs is 2. The Morgan fingerprint density at radius 3 is 2.50 bits per heavy atom. The van der Waals surface area contributed by atoms with Crippen molar-refractivity contribution in [2.75, 3.05) is 11.9 Å². The minimum Gasteiger partial charge on any atom is -0.484 e. The zero-order valence-electron chi connectivity index (χ0n) is 25.7. The minimum absolute atomic E-state index is 0.0856. The highest BCUT2D eigenvalue weighted by Gasteiger charge is 2.30. The van der Waals surface area contributed by atoms with Gasteiger partial charge in [0.15, 0.2) is 5.65 Å². The molecule has 0 aliphatic heterocycles. The van der Waals surface area contributed by atoms with E-state index in [0.717, 1.165) is 41.2 Å². The largest absolute Gasteiger partial charge is 0.484 e. The second kappa shape index (κ2) is 12.2. The van der Waals surface area contributed by atoms with Crippen LogP contribution in [0, 0.1) is 0 Å². The average Bonchev–Trinajstić information content (AvgIpc) is 3.68. The quantitative estimate of drug-likeness (QED) is 0.233. The number of nitrogens with one attached hydrogen (secondary N) is 2. The number of rotatable bonds is 7. The van der Waals surface area contributed by atoms with E-state index in [0.29, 0.717) is 24.5 Å². The van der Waals surface area contributed by atoms with Gasteiger partial charge >= 0.3 is 12.0 Å². The molecule has 1 fully saturated rings. The van der Waals surface area contributed by atoms with Crippen LogP contribution in [0.1, 0.15) is 118 Å². The van der Waals surface area contributed by atoms with E-state index in [1.165, 1.54) is 12.8 Å². The highest BCUT2D eigenvalue weighted by Crippen LogP contribution is 2.39. The molecule has 1 saturated carbocycles. The summed E-state index contributed by atoms with van der Waals surface area (Å²) in [5.74, 6) is 1.72. The second-order valence-corrected chi connectivity index (χ2v) is 12.5. The molecule has 4 aromatic rings. The molecule has 11 nitrogen and oxygen atoms in total. The van der Waals surface area contributed by atoms with Crippen LogP contribution >= 0.6 is 0 Å². The molecule has 2 amide bonds. The average molecular weight is 598 g/mol. The number of urea groups is 1. The Morgan fingerprint density at radius 2 is 1.75 bits per heavy atom. The van der Waals surface area contributed by atoms with E-state index in [2.05, 4.69) is 41.3 Å². The van der Waals surface area contributed by atoms with Gasteiger partial charge in [-0.25, -0.2) is 19.6 Å². The summed E-state index contributed by atoms with van der Waals surface area (Å²) in [6.45, 7) is 7.85. The summed E-state index contributed by atoms with van der Waals surface area (Å²) in [7, 11) is 0. The van der Waals surface area contributed by atoms with E-state index in [4.69, 9.17) is 9.47 Å². The number of carbonyl (C=O) groups excluding carboxylic acids is 2. The summed E-state index contributed by atoms with van der Waals surface area (Å²) in [6.07, 6.45) is 7.98. The third-order valence-electron chi connectivity index (χ3n) is 8.34. The van der Waals surface area contributed by atoms with Crippen molar-refractivity contribution in [1.29, 1.82) is 0 Å². The Kier molecular flexibility index (Phi) is 8.20. The van der Waals surface area contributed by atoms with Crippen LogP contribution in [-0.2, 0) is 10.2 Å². The predicted molar refractivity (Wildman–Crippen MR) is 165 cm³/mol. The molecule has 6 rings (SSSR count). The molecule has 2 aliphatic rings. The maximum atomic E-state index is 13.2. The van der Waals surface area contributed by atoms with E-state index >= 15 is 0 Å². The Bertz CT molecular complexity index is 1670. The molecule has 11 heteroatoms. The normalized spacial score (nSPS) is 18.5. The van der Waals surface area contributed by atoms with Crippen molar-refractivity contribution in [3.8, 4) is 5.75 Å². The number of carbonyl (C=O) groups is 2. The summed E-state index contributed by atoms with van der Waals surface area (Å²) in [6, 6.07) is 13.0. The molecule has 3 aromatic heterocycles. The minimum atomic E-state index is -0.632. The van der Waals surface area contributed by atoms with Crippen molar-refractivity contribution in [2.45, 2.75) is 89.7 Å². The fourth-order valence-electron chi connectivity index (χ4n) is 6.10. The molecule has 1 aromatic carbocycles. The second-order valence-electron chi connectivity index (χ2n) is 12.5. The van der Waals surface area contributed by atoms with Gasteiger partial charge in [-0.2, -0.15) is 0 Å². The molecule has 3 heterocycles. The molecule has 2 atom stereocenters. The molecular weight excluding hydrogens is 558 g/mol. The predicted octanol–water partition coefficient (Wildman–Crippen LogP) is 6.43. The maximum Gasteiger partial charge on any atom is 0.376 e. The lowest BCUT2D eigenvalue weighted by molar-refractivity contribution is 0.0511. The summed E-state index contributed by atoms with van der Waals surface area (Å²) < 4.78 is 13.7. The molecule has 2 aliphatic carbocycles. The maximum absolute atomic E-state index is 13.2. The number of esters is 1. The number of anilines is 1. The topological polar surface area (TPSA) is 133 Å². The van der Waals surface area contributed by atoms with Gasteiger partial charge in [-0.3, -0.25) is 9.72 Å². The van der Waals surface area contributed by atoms with Gasteiger partial charge in [0.25, 0.3) is 0 Å². The van der Waals surface area contributed by atoms with E-state index in [1.807, 2.05) is 57.3 Å². The van der Waals surface area contributed by atoms with Gasteiger partial charge in [-0.15, -0.1) is 10.2 Å². The fraction of sp³-hybridized carbons (Fsp3) is 0.455. The number of amides is 2. The molecule has 0 radical (unpaired) electrons. The zero-order chi connectivity index (χ0) is 30.8. The molecular formula is C33H39N7O4. The standard InChI is InChI=1S/C33H39N7O4/c1-5-43-31(41)29-35-26(33(2,3)4)18-27(36-29)37-32(42)34-24-15-16-25(23-13-9-8-12-22(23)24)44-21-14-17-28-38-39-30(40(28)19-21)20-10-6-7-11-20/h8-9,12-14,17-20,24-25H,5-7,10-11,15-16H2,1-4H3,(H2,34,35,36,37,42)/t24-,25+/m0/s1. The van der Waals surface area contributed by atoms with Crippen molar-refractivity contribution in [3.63, 3.8) is 0 Å². The number of aromatic nitrogens is 5. The molecule has 230 valence electrons. The lowest BCUT2D eigenvalue weighted by Crippen LogP contribution is -2.36. The first-order valence-electron chi connectivity index (χ1n) is 15.4. The van der Waals surface area contributed by atoms with Crippen LogP contribution < -0.4 is 15.4 Å². The Labute approximate surface area is 256 Å². The summed E-state index contributed by atoms with van der Waals surface area (Å²) >= 11 is 0. The summed E-state index contributed by atoms with van der Waals surface area (Å²) in [4.78, 5) is 34.3. The van der Waals surface area contributed by atoms with E-state index in [1.54, 1.807) is 13.0 Å². The number of hydrogen-bond acceptors (Lipinski definition) is 8. The number of nitrogens with zero attached hydrogens (tertiary/aromatic N) is 5. The Hall–Kier alpha value is -4.54. The lowest BCUT2D eigenvalue weighted by Gasteiger charge is -2.32. The highest BCUT2D eigenvalue weighted by molar-refractivity contribution is 5.90. The zero-order valence-corrected chi connectivity index (χ0v) is 25.7. The number of hydrogen-bond donors (Lipinski definition) is 2. The van der Waals surface area contributed by atoms with Gasteiger partial charge in [0.1, 0.15) is 23.5 Å². The van der Waals surface area contributed by atoms with E-state index in [-0.39, 0.29) is 35.8 Å². The molecule has 0 spiro atoms.